The molecule has 2 aromatic heterocycles. The van der Waals surface area contributed by atoms with Crippen molar-refractivity contribution in [3.8, 4) is 5.69 Å². The van der Waals surface area contributed by atoms with E-state index >= 15 is 0 Å². The molecule has 0 fully saturated rings. The van der Waals surface area contributed by atoms with Crippen molar-refractivity contribution in [1.82, 2.24) is 14.9 Å². The monoisotopic (exact) mass is 475 g/mol. The first kappa shape index (κ1) is 21.9. The summed E-state index contributed by atoms with van der Waals surface area (Å²) in [6.45, 7) is 1.97. The van der Waals surface area contributed by atoms with Gasteiger partial charge >= 0.3 is 0 Å². The summed E-state index contributed by atoms with van der Waals surface area (Å²) in [6.07, 6.45) is 4.23. The SMILES string of the molecule is C[C@H](NC(=O)CSc1nc2sc3c(c2c(=O)n1-c1ccccc1)CCCC3)c1ccccc1. The van der Waals surface area contributed by atoms with E-state index in [2.05, 4.69) is 5.32 Å². The second kappa shape index (κ2) is 9.53. The van der Waals surface area contributed by atoms with Crippen LogP contribution in [-0.2, 0) is 17.6 Å². The van der Waals surface area contributed by atoms with Crippen molar-refractivity contribution < 1.29 is 4.79 Å². The minimum Gasteiger partial charge on any atom is -0.349 e. The average molecular weight is 476 g/mol. The zero-order chi connectivity index (χ0) is 22.8. The molecule has 168 valence electrons. The summed E-state index contributed by atoms with van der Waals surface area (Å²) in [6, 6.07) is 19.4. The third kappa shape index (κ3) is 4.48. The van der Waals surface area contributed by atoms with Crippen molar-refractivity contribution >= 4 is 39.2 Å². The number of thiophene rings is 1. The fraction of sp³-hybridized carbons (Fsp3) is 0.269. The van der Waals surface area contributed by atoms with E-state index < -0.39 is 0 Å². The molecule has 33 heavy (non-hydrogen) atoms. The van der Waals surface area contributed by atoms with Gasteiger partial charge in [-0.05, 0) is 55.9 Å². The van der Waals surface area contributed by atoms with Crippen LogP contribution in [0.5, 0.6) is 0 Å². The Labute approximate surface area is 200 Å². The number of carbonyl (C=O) groups excluding carboxylic acids is 1. The average Bonchev–Trinajstić information content (AvgIpc) is 3.22. The van der Waals surface area contributed by atoms with Crippen LogP contribution in [0.3, 0.4) is 0 Å². The fourth-order valence-electron chi connectivity index (χ4n) is 4.33. The van der Waals surface area contributed by atoms with Crippen molar-refractivity contribution in [3.63, 3.8) is 0 Å². The zero-order valence-corrected chi connectivity index (χ0v) is 20.0. The Morgan fingerprint density at radius 2 is 1.79 bits per heavy atom. The van der Waals surface area contributed by atoms with Crippen molar-refractivity contribution in [1.29, 1.82) is 0 Å². The molecule has 1 amide bonds. The van der Waals surface area contributed by atoms with Crippen LogP contribution in [0.15, 0.2) is 70.6 Å². The molecular weight excluding hydrogens is 450 g/mol. The molecule has 5 rings (SSSR count). The molecule has 0 radical (unpaired) electrons. The molecule has 1 atom stereocenters. The Morgan fingerprint density at radius 1 is 1.09 bits per heavy atom. The number of aromatic nitrogens is 2. The van der Waals surface area contributed by atoms with Gasteiger partial charge in [0.2, 0.25) is 5.91 Å². The standard InChI is InChI=1S/C26H25N3O2S2/c1-17(18-10-4-2-5-11-18)27-22(30)16-32-26-28-24-23(20-14-8-9-15-21(20)33-24)25(31)29(26)19-12-6-3-7-13-19/h2-7,10-13,17H,8-9,14-16H2,1H3,(H,27,30)/t17-/m0/s1. The van der Waals surface area contributed by atoms with E-state index in [1.165, 1.54) is 22.2 Å². The van der Waals surface area contributed by atoms with Crippen molar-refractivity contribution in [2.24, 2.45) is 0 Å². The highest BCUT2D eigenvalue weighted by atomic mass is 32.2. The van der Waals surface area contributed by atoms with E-state index in [0.717, 1.165) is 47.2 Å². The lowest BCUT2D eigenvalue weighted by molar-refractivity contribution is -0.119. The largest absolute Gasteiger partial charge is 0.349 e. The Balaban J connectivity index is 1.47. The Bertz CT molecular complexity index is 1350. The lowest BCUT2D eigenvalue weighted by Gasteiger charge is -2.15. The molecule has 5 nitrogen and oxygen atoms in total. The zero-order valence-electron chi connectivity index (χ0n) is 18.4. The molecule has 0 saturated carbocycles. The summed E-state index contributed by atoms with van der Waals surface area (Å²) < 4.78 is 1.67. The predicted octanol–water partition coefficient (Wildman–Crippen LogP) is 5.30. The molecule has 0 aliphatic heterocycles. The fourth-order valence-corrected chi connectivity index (χ4v) is 6.45. The summed E-state index contributed by atoms with van der Waals surface area (Å²) >= 11 is 2.94. The van der Waals surface area contributed by atoms with Gasteiger partial charge in [-0.25, -0.2) is 4.98 Å². The number of thioether (sulfide) groups is 1. The highest BCUT2D eigenvalue weighted by molar-refractivity contribution is 7.99. The molecule has 0 bridgehead atoms. The molecule has 4 aromatic rings. The first-order chi connectivity index (χ1) is 16.1. The van der Waals surface area contributed by atoms with Gasteiger partial charge in [0.05, 0.1) is 22.9 Å². The third-order valence-electron chi connectivity index (χ3n) is 5.98. The molecule has 1 aliphatic rings. The van der Waals surface area contributed by atoms with Crippen LogP contribution in [0.4, 0.5) is 0 Å². The lowest BCUT2D eigenvalue weighted by Crippen LogP contribution is -2.29. The molecule has 0 spiro atoms. The maximum absolute atomic E-state index is 13.7. The van der Waals surface area contributed by atoms with Gasteiger partial charge in [-0.2, -0.15) is 0 Å². The predicted molar refractivity (Wildman–Crippen MR) is 136 cm³/mol. The Hall–Kier alpha value is -2.90. The molecule has 2 aromatic carbocycles. The van der Waals surface area contributed by atoms with Crippen molar-refractivity contribution in [3.05, 3.63) is 87.0 Å². The van der Waals surface area contributed by atoms with Gasteiger partial charge in [-0.1, -0.05) is 60.3 Å². The summed E-state index contributed by atoms with van der Waals surface area (Å²) in [7, 11) is 0. The number of fused-ring (bicyclic) bond motifs is 3. The number of carbonyl (C=O) groups is 1. The Morgan fingerprint density at radius 3 is 2.55 bits per heavy atom. The van der Waals surface area contributed by atoms with Crippen LogP contribution >= 0.6 is 23.1 Å². The van der Waals surface area contributed by atoms with Gasteiger partial charge < -0.3 is 5.32 Å². The van der Waals surface area contributed by atoms with E-state index in [-0.39, 0.29) is 23.3 Å². The highest BCUT2D eigenvalue weighted by Crippen LogP contribution is 2.35. The Kier molecular flexibility index (Phi) is 6.33. The molecule has 1 aliphatic carbocycles. The number of nitrogens with one attached hydrogen (secondary N) is 1. The van der Waals surface area contributed by atoms with E-state index in [1.54, 1.807) is 15.9 Å². The summed E-state index contributed by atoms with van der Waals surface area (Å²) in [5, 5.41) is 4.35. The number of para-hydroxylation sites is 1. The molecule has 0 saturated heterocycles. The molecular formula is C26H25N3O2S2. The number of aryl methyl sites for hydroxylation is 2. The lowest BCUT2D eigenvalue weighted by atomic mass is 9.97. The normalized spacial score (nSPS) is 14.1. The number of nitrogens with zero attached hydrogens (tertiary/aromatic N) is 2. The number of benzene rings is 2. The smallest absolute Gasteiger partial charge is 0.267 e. The minimum absolute atomic E-state index is 0.0360. The third-order valence-corrected chi connectivity index (χ3v) is 8.11. The number of hydrogen-bond donors (Lipinski definition) is 1. The van der Waals surface area contributed by atoms with Gasteiger partial charge in [-0.15, -0.1) is 11.3 Å². The van der Waals surface area contributed by atoms with E-state index in [1.807, 2.05) is 67.6 Å². The van der Waals surface area contributed by atoms with E-state index in [0.29, 0.717) is 5.16 Å². The summed E-state index contributed by atoms with van der Waals surface area (Å²) in [5.74, 6) is 0.100. The molecule has 2 heterocycles. The molecule has 7 heteroatoms. The van der Waals surface area contributed by atoms with Gasteiger partial charge in [0, 0.05) is 4.88 Å². The van der Waals surface area contributed by atoms with Gasteiger partial charge in [0.1, 0.15) is 4.83 Å². The summed E-state index contributed by atoms with van der Waals surface area (Å²) in [5.41, 5.74) is 2.97. The number of amides is 1. The first-order valence-electron chi connectivity index (χ1n) is 11.2. The van der Waals surface area contributed by atoms with Crippen LogP contribution in [0.25, 0.3) is 15.9 Å². The first-order valence-corrected chi connectivity index (χ1v) is 13.0. The maximum Gasteiger partial charge on any atom is 0.267 e. The molecule has 1 N–H and O–H groups in total. The van der Waals surface area contributed by atoms with E-state index in [4.69, 9.17) is 4.98 Å². The van der Waals surface area contributed by atoms with Crippen LogP contribution in [0.2, 0.25) is 0 Å². The van der Waals surface area contributed by atoms with Crippen molar-refractivity contribution in [2.75, 3.05) is 5.75 Å². The number of hydrogen-bond acceptors (Lipinski definition) is 5. The second-order valence-corrected chi connectivity index (χ2v) is 10.3. The molecule has 0 unspecified atom stereocenters. The number of rotatable bonds is 6. The van der Waals surface area contributed by atoms with Crippen LogP contribution in [-0.4, -0.2) is 21.2 Å². The quantitative estimate of drug-likeness (QED) is 0.304. The van der Waals surface area contributed by atoms with Gasteiger partial charge in [0.25, 0.3) is 5.56 Å². The van der Waals surface area contributed by atoms with Gasteiger partial charge in [-0.3, -0.25) is 14.2 Å². The van der Waals surface area contributed by atoms with Gasteiger partial charge in [0.15, 0.2) is 5.16 Å². The van der Waals surface area contributed by atoms with Crippen LogP contribution in [0.1, 0.15) is 41.8 Å². The topological polar surface area (TPSA) is 64.0 Å². The minimum atomic E-state index is -0.0879. The highest BCUT2D eigenvalue weighted by Gasteiger charge is 2.23. The maximum atomic E-state index is 13.7. The van der Waals surface area contributed by atoms with Crippen molar-refractivity contribution in [2.45, 2.75) is 43.8 Å². The van der Waals surface area contributed by atoms with Crippen LogP contribution < -0.4 is 10.9 Å². The second-order valence-electron chi connectivity index (χ2n) is 8.25. The van der Waals surface area contributed by atoms with Crippen LogP contribution in [0, 0.1) is 0 Å². The summed E-state index contributed by atoms with van der Waals surface area (Å²) in [4.78, 5) is 33.4. The van der Waals surface area contributed by atoms with E-state index in [9.17, 15) is 9.59 Å².